The molecule has 35 heavy (non-hydrogen) atoms. The van der Waals surface area contributed by atoms with Crippen molar-refractivity contribution in [2.24, 2.45) is 4.99 Å². The monoisotopic (exact) mass is 544 g/mol. The highest BCUT2D eigenvalue weighted by Crippen LogP contribution is 2.30. The number of benzene rings is 2. The summed E-state index contributed by atoms with van der Waals surface area (Å²) in [6.07, 6.45) is 5.42. The molecule has 8 heteroatoms. The molecule has 1 heterocycles. The van der Waals surface area contributed by atoms with Crippen molar-refractivity contribution in [2.45, 2.75) is 56.1 Å². The summed E-state index contributed by atoms with van der Waals surface area (Å²) in [5.74, 6) is 0.870. The molecule has 1 amide bonds. The summed E-state index contributed by atoms with van der Waals surface area (Å²) in [4.78, 5) is 18.4. The lowest BCUT2D eigenvalue weighted by atomic mass is 9.84. The van der Waals surface area contributed by atoms with Gasteiger partial charge in [-0.3, -0.25) is 4.79 Å². The zero-order valence-electron chi connectivity index (χ0n) is 19.8. The van der Waals surface area contributed by atoms with E-state index in [1.807, 2.05) is 48.5 Å². The van der Waals surface area contributed by atoms with E-state index in [2.05, 4.69) is 21.2 Å². The maximum Gasteiger partial charge on any atom is 0.252 e. The number of ether oxygens (including phenoxy) is 2. The van der Waals surface area contributed by atoms with E-state index in [1.165, 1.54) is 0 Å². The van der Waals surface area contributed by atoms with E-state index < -0.39 is 11.1 Å². The molecule has 188 valence electrons. The number of hydrogen-bond donors (Lipinski definition) is 3. The topological polar surface area (TPSA) is 100 Å². The predicted octanol–water partition coefficient (Wildman–Crippen LogP) is 3.78. The highest BCUT2D eigenvalue weighted by atomic mass is 79.9. The zero-order chi connectivity index (χ0) is 24.7. The number of aliphatic imine (C=N–C) groups is 1. The van der Waals surface area contributed by atoms with Crippen LogP contribution in [-0.4, -0.2) is 59.5 Å². The van der Waals surface area contributed by atoms with Crippen LogP contribution in [0.15, 0.2) is 58.0 Å². The largest absolute Gasteiger partial charge is 0.494 e. The Morgan fingerprint density at radius 1 is 1.09 bits per heavy atom. The fourth-order valence-corrected chi connectivity index (χ4v) is 4.83. The van der Waals surface area contributed by atoms with Crippen LogP contribution in [0.4, 0.5) is 0 Å². The van der Waals surface area contributed by atoms with Crippen LogP contribution in [0.2, 0.25) is 0 Å². The van der Waals surface area contributed by atoms with Gasteiger partial charge in [-0.25, -0.2) is 4.99 Å². The molecule has 2 aromatic rings. The summed E-state index contributed by atoms with van der Waals surface area (Å²) in [5.41, 5.74) is -0.244. The van der Waals surface area contributed by atoms with Gasteiger partial charge in [0, 0.05) is 36.0 Å². The van der Waals surface area contributed by atoms with Crippen LogP contribution >= 0.6 is 15.9 Å². The molecule has 3 N–H and O–H groups in total. The average Bonchev–Trinajstić information content (AvgIpc) is 3.30. The van der Waals surface area contributed by atoms with Crippen molar-refractivity contribution in [3.8, 4) is 5.75 Å². The number of rotatable bonds is 10. The van der Waals surface area contributed by atoms with Crippen LogP contribution in [-0.2, 0) is 16.0 Å². The second kappa shape index (κ2) is 11.5. The number of aliphatic hydroxyl groups is 2. The molecule has 1 aliphatic carbocycles. The quantitative estimate of drug-likeness (QED) is 0.395. The minimum Gasteiger partial charge on any atom is -0.494 e. The molecule has 0 unspecified atom stereocenters. The Morgan fingerprint density at radius 2 is 1.80 bits per heavy atom. The van der Waals surface area contributed by atoms with E-state index in [4.69, 9.17) is 19.6 Å². The van der Waals surface area contributed by atoms with Gasteiger partial charge in [0.1, 0.15) is 12.4 Å². The van der Waals surface area contributed by atoms with Crippen LogP contribution < -0.4 is 10.1 Å². The fraction of sp³-hybridized carbons (Fsp3) is 0.481. The molecular weight excluding hydrogens is 512 g/mol. The Labute approximate surface area is 214 Å². The standard InChI is InChI=1S/C27H33BrN2O5/c28-22-9-5-20(6-10-22)17-27(25(32)29-18-26(33)13-2-1-3-14-26)19-35-24(30-27)21-7-11-23(12-8-21)34-16-4-15-31/h5-12,31,33H,1-4,13-19H2,(H,29,32)/t27-/m1/s1. The number of hydrogen-bond acceptors (Lipinski definition) is 6. The normalized spacial score (nSPS) is 21.2. The predicted molar refractivity (Wildman–Crippen MR) is 138 cm³/mol. The SMILES string of the molecule is O=C(NCC1(O)CCCCC1)[C@@]1(Cc2ccc(Br)cc2)COC(c2ccc(OCCCO)cc2)=N1. The summed E-state index contributed by atoms with van der Waals surface area (Å²) >= 11 is 3.46. The van der Waals surface area contributed by atoms with Gasteiger partial charge in [-0.15, -0.1) is 0 Å². The average molecular weight is 545 g/mol. The summed E-state index contributed by atoms with van der Waals surface area (Å²) < 4.78 is 12.5. The van der Waals surface area contributed by atoms with E-state index in [0.717, 1.165) is 34.9 Å². The molecule has 4 rings (SSSR count). The number of halogens is 1. The van der Waals surface area contributed by atoms with Gasteiger partial charge in [0.2, 0.25) is 5.90 Å². The Morgan fingerprint density at radius 3 is 2.49 bits per heavy atom. The number of amides is 1. The molecule has 1 saturated carbocycles. The van der Waals surface area contributed by atoms with Crippen LogP contribution in [0, 0.1) is 0 Å². The number of nitrogens with zero attached hydrogens (tertiary/aromatic N) is 1. The molecule has 1 aliphatic heterocycles. The summed E-state index contributed by atoms with van der Waals surface area (Å²) in [5, 5.41) is 22.8. The van der Waals surface area contributed by atoms with Crippen molar-refractivity contribution in [2.75, 3.05) is 26.4 Å². The van der Waals surface area contributed by atoms with Gasteiger partial charge in [0.15, 0.2) is 5.54 Å². The fourth-order valence-electron chi connectivity index (χ4n) is 4.57. The van der Waals surface area contributed by atoms with Crippen molar-refractivity contribution in [3.63, 3.8) is 0 Å². The molecular formula is C27H33BrN2O5. The number of carbonyl (C=O) groups excluding carboxylic acids is 1. The lowest BCUT2D eigenvalue weighted by Gasteiger charge is -2.33. The third-order valence-corrected chi connectivity index (χ3v) is 7.16. The van der Waals surface area contributed by atoms with E-state index in [-0.39, 0.29) is 25.7 Å². The first-order chi connectivity index (χ1) is 16.9. The second-order valence-electron chi connectivity index (χ2n) is 9.46. The Kier molecular flexibility index (Phi) is 8.46. The number of carbonyl (C=O) groups is 1. The minimum absolute atomic E-state index is 0.0860. The van der Waals surface area contributed by atoms with Gasteiger partial charge in [-0.05, 0) is 54.8 Å². The highest BCUT2D eigenvalue weighted by Gasteiger charge is 2.45. The van der Waals surface area contributed by atoms with E-state index >= 15 is 0 Å². The first-order valence-corrected chi connectivity index (χ1v) is 13.0. The third-order valence-electron chi connectivity index (χ3n) is 6.63. The smallest absolute Gasteiger partial charge is 0.252 e. The van der Waals surface area contributed by atoms with Crippen LogP contribution in [0.5, 0.6) is 5.75 Å². The summed E-state index contributed by atoms with van der Waals surface area (Å²) in [6.45, 7) is 0.870. The Hall–Kier alpha value is -2.42. The lowest BCUT2D eigenvalue weighted by Crippen LogP contribution is -2.53. The molecule has 0 radical (unpaired) electrons. The molecule has 7 nitrogen and oxygen atoms in total. The third kappa shape index (κ3) is 6.63. The van der Waals surface area contributed by atoms with Crippen LogP contribution in [0.3, 0.4) is 0 Å². The van der Waals surface area contributed by atoms with E-state index in [1.54, 1.807) is 0 Å². The maximum absolute atomic E-state index is 13.5. The van der Waals surface area contributed by atoms with Crippen LogP contribution in [0.1, 0.15) is 49.7 Å². The van der Waals surface area contributed by atoms with Gasteiger partial charge in [-0.1, -0.05) is 47.3 Å². The highest BCUT2D eigenvalue weighted by molar-refractivity contribution is 9.10. The first-order valence-electron chi connectivity index (χ1n) is 12.2. The van der Waals surface area contributed by atoms with Crippen molar-refractivity contribution < 1.29 is 24.5 Å². The van der Waals surface area contributed by atoms with E-state index in [0.29, 0.717) is 43.9 Å². The molecule has 0 bridgehead atoms. The molecule has 0 aromatic heterocycles. The van der Waals surface area contributed by atoms with Gasteiger partial charge < -0.3 is 25.0 Å². The van der Waals surface area contributed by atoms with Gasteiger partial charge in [-0.2, -0.15) is 0 Å². The Balaban J connectivity index is 1.53. The molecule has 1 fully saturated rings. The summed E-state index contributed by atoms with van der Waals surface area (Å²) in [7, 11) is 0. The lowest BCUT2D eigenvalue weighted by molar-refractivity contribution is -0.128. The Bertz CT molecular complexity index is 1020. The van der Waals surface area contributed by atoms with Gasteiger partial charge >= 0.3 is 0 Å². The summed E-state index contributed by atoms with van der Waals surface area (Å²) in [6, 6.07) is 15.2. The molecule has 0 saturated heterocycles. The van der Waals surface area contributed by atoms with Crippen LogP contribution in [0.25, 0.3) is 0 Å². The number of nitrogens with one attached hydrogen (secondary N) is 1. The maximum atomic E-state index is 13.5. The molecule has 0 spiro atoms. The van der Waals surface area contributed by atoms with Gasteiger partial charge in [0.25, 0.3) is 5.91 Å². The van der Waals surface area contributed by atoms with Crippen molar-refractivity contribution >= 4 is 27.7 Å². The van der Waals surface area contributed by atoms with Crippen molar-refractivity contribution in [1.29, 1.82) is 0 Å². The zero-order valence-corrected chi connectivity index (χ0v) is 21.4. The van der Waals surface area contributed by atoms with Crippen molar-refractivity contribution in [1.82, 2.24) is 5.32 Å². The minimum atomic E-state index is -1.12. The van der Waals surface area contributed by atoms with Gasteiger partial charge in [0.05, 0.1) is 12.2 Å². The second-order valence-corrected chi connectivity index (χ2v) is 10.4. The first kappa shape index (κ1) is 25.7. The van der Waals surface area contributed by atoms with Crippen molar-refractivity contribution in [3.05, 3.63) is 64.1 Å². The molecule has 1 atom stereocenters. The van der Waals surface area contributed by atoms with E-state index in [9.17, 15) is 9.90 Å². The molecule has 2 aromatic carbocycles. The number of aliphatic hydroxyl groups excluding tert-OH is 1. The molecule has 2 aliphatic rings.